The monoisotopic (exact) mass is 725 g/mol. The minimum absolute atomic E-state index is 0.0424. The number of halogens is 5. The van der Waals surface area contributed by atoms with Gasteiger partial charge in [0.15, 0.2) is 5.82 Å². The minimum Gasteiger partial charge on any atom is -0.465 e. The van der Waals surface area contributed by atoms with Gasteiger partial charge in [0, 0.05) is 28.7 Å². The molecule has 0 saturated heterocycles. The molecule has 0 spiro atoms. The first-order valence-corrected chi connectivity index (χ1v) is 21.4. The van der Waals surface area contributed by atoms with Crippen molar-refractivity contribution >= 4 is 68.1 Å². The van der Waals surface area contributed by atoms with Gasteiger partial charge in [0.1, 0.15) is 16.9 Å². The number of hydrogen-bond donors (Lipinski definition) is 0. The average molecular weight is 727 g/mol. The molecule has 0 saturated carbocycles. The predicted octanol–water partition coefficient (Wildman–Crippen LogP) is 9.94. The lowest BCUT2D eigenvalue weighted by Crippen LogP contribution is -2.25. The van der Waals surface area contributed by atoms with Crippen LogP contribution in [-0.4, -0.2) is 49.6 Å². The van der Waals surface area contributed by atoms with E-state index >= 15 is 0 Å². The number of nitrogens with zero attached hydrogens (tertiary/aromatic N) is 3. The first-order chi connectivity index (χ1) is 20.3. The Morgan fingerprint density at radius 2 is 1.53 bits per heavy atom. The van der Waals surface area contributed by atoms with Gasteiger partial charge in [-0.15, -0.1) is 16.7 Å². The van der Waals surface area contributed by atoms with Gasteiger partial charge in [0.25, 0.3) is 0 Å². The standard InChI is InChI=1S/C15H14Cl2F3N3O3.C12H27OPS3/c1-3-26-13(24)10(17)4-8-5-12(11(18)6-9(8)16)23-15(25)22(14(19)20)7(2)21-23;1-4-7-10-15-14(13,16-11-8-5-2)17-12-9-6-3/h5-6,10,14H,3-4H2,1-2H3;4-12H2,1-3H3. The molecule has 1 atom stereocenters. The molecular formula is C27H41Cl2F3N3O4PS3. The van der Waals surface area contributed by atoms with E-state index in [1.54, 1.807) is 41.1 Å². The van der Waals surface area contributed by atoms with Gasteiger partial charge in [-0.25, -0.2) is 13.8 Å². The third-order valence-electron chi connectivity index (χ3n) is 5.70. The molecule has 7 nitrogen and oxygen atoms in total. The first-order valence-electron chi connectivity index (χ1n) is 14.1. The molecule has 0 aliphatic rings. The molecule has 0 bridgehead atoms. The number of alkyl halides is 3. The van der Waals surface area contributed by atoms with Crippen molar-refractivity contribution in [2.45, 2.75) is 91.5 Å². The van der Waals surface area contributed by atoms with Gasteiger partial charge >= 0.3 is 18.2 Å². The van der Waals surface area contributed by atoms with Gasteiger partial charge in [0.05, 0.1) is 6.61 Å². The van der Waals surface area contributed by atoms with Crippen LogP contribution in [-0.2, 0) is 20.5 Å². The molecule has 1 unspecified atom stereocenters. The van der Waals surface area contributed by atoms with E-state index in [-0.39, 0.29) is 39.7 Å². The van der Waals surface area contributed by atoms with Crippen molar-refractivity contribution in [2.24, 2.45) is 0 Å². The SMILES string of the molecule is CCCCSP(=O)(SCCCC)SCCCC.CCOC(=O)C(Cl)Cc1cc(-n2nc(C)n(C(F)F)c2=O)c(F)cc1Cl. The molecule has 2 rings (SSSR count). The Morgan fingerprint density at radius 3 is 1.95 bits per heavy atom. The Morgan fingerprint density at radius 1 is 1.02 bits per heavy atom. The number of aryl methyl sites for hydroxylation is 1. The summed E-state index contributed by atoms with van der Waals surface area (Å²) in [6, 6.07) is 2.03. The maximum atomic E-state index is 14.2. The Bertz CT molecular complexity index is 1220. The van der Waals surface area contributed by atoms with Crippen LogP contribution >= 0.6 is 62.1 Å². The summed E-state index contributed by atoms with van der Waals surface area (Å²) in [7, 11) is 0. The van der Waals surface area contributed by atoms with Crippen LogP contribution in [0.2, 0.25) is 5.02 Å². The second-order valence-corrected chi connectivity index (χ2v) is 22.1. The van der Waals surface area contributed by atoms with Crippen LogP contribution in [0.1, 0.15) is 84.2 Å². The summed E-state index contributed by atoms with van der Waals surface area (Å²) < 4.78 is 56.2. The van der Waals surface area contributed by atoms with Crippen molar-refractivity contribution in [2.75, 3.05) is 23.9 Å². The Labute approximate surface area is 274 Å². The van der Waals surface area contributed by atoms with Gasteiger partial charge in [-0.3, -0.25) is 9.36 Å². The Balaban J connectivity index is 0.000000474. The van der Waals surface area contributed by atoms with Crippen LogP contribution in [0.3, 0.4) is 0 Å². The number of rotatable bonds is 18. The molecule has 16 heteroatoms. The number of unbranched alkanes of at least 4 members (excludes halogenated alkanes) is 3. The maximum absolute atomic E-state index is 14.2. The van der Waals surface area contributed by atoms with Crippen LogP contribution in [0, 0.1) is 12.7 Å². The van der Waals surface area contributed by atoms with Crippen LogP contribution in [0.15, 0.2) is 16.9 Å². The Kier molecular flexibility index (Phi) is 19.8. The number of hydrogen-bond acceptors (Lipinski definition) is 8. The fourth-order valence-electron chi connectivity index (χ4n) is 3.34. The third kappa shape index (κ3) is 13.7. The number of aromatic nitrogens is 3. The van der Waals surface area contributed by atoms with Crippen LogP contribution in [0.5, 0.6) is 0 Å². The second-order valence-electron chi connectivity index (χ2n) is 9.22. The van der Waals surface area contributed by atoms with Crippen LogP contribution in [0.25, 0.3) is 5.69 Å². The molecule has 0 N–H and O–H groups in total. The molecule has 0 aliphatic carbocycles. The lowest BCUT2D eigenvalue weighted by Gasteiger charge is -2.15. The summed E-state index contributed by atoms with van der Waals surface area (Å²) in [4.78, 5) is 23.7. The highest BCUT2D eigenvalue weighted by Crippen LogP contribution is 2.78. The number of esters is 1. The lowest BCUT2D eigenvalue weighted by atomic mass is 10.1. The second kappa shape index (κ2) is 21.1. The summed E-state index contributed by atoms with van der Waals surface area (Å²) in [6.45, 7) is 6.39. The third-order valence-corrected chi connectivity index (χ3v) is 18.9. The van der Waals surface area contributed by atoms with Crippen molar-refractivity contribution in [1.29, 1.82) is 0 Å². The van der Waals surface area contributed by atoms with Crippen molar-refractivity contribution in [1.82, 2.24) is 14.3 Å². The van der Waals surface area contributed by atoms with Crippen LogP contribution < -0.4 is 5.69 Å². The largest absolute Gasteiger partial charge is 0.465 e. The number of carbonyl (C=O) groups is 1. The zero-order valence-electron chi connectivity index (χ0n) is 25.1. The van der Waals surface area contributed by atoms with E-state index in [0.717, 1.165) is 29.4 Å². The van der Waals surface area contributed by atoms with E-state index in [9.17, 15) is 27.3 Å². The predicted molar refractivity (Wildman–Crippen MR) is 178 cm³/mol. The number of benzene rings is 1. The number of ether oxygens (including phenoxy) is 1. The van der Waals surface area contributed by atoms with Crippen molar-refractivity contribution < 1.29 is 27.3 Å². The fourth-order valence-corrected chi connectivity index (χ4v) is 15.8. The summed E-state index contributed by atoms with van der Waals surface area (Å²) in [5.74, 6) is 1.26. The highest BCUT2D eigenvalue weighted by Gasteiger charge is 2.25. The van der Waals surface area contributed by atoms with Gasteiger partial charge in [-0.2, -0.15) is 13.5 Å². The van der Waals surface area contributed by atoms with Crippen molar-refractivity contribution in [3.8, 4) is 5.69 Å². The van der Waals surface area contributed by atoms with Crippen molar-refractivity contribution in [3.05, 3.63) is 44.8 Å². The molecule has 1 heterocycles. The molecule has 1 aromatic carbocycles. The van der Waals surface area contributed by atoms with E-state index in [1.165, 1.54) is 45.4 Å². The maximum Gasteiger partial charge on any atom is 0.355 e. The molecule has 43 heavy (non-hydrogen) atoms. The quantitative estimate of drug-likeness (QED) is 0.0650. The van der Waals surface area contributed by atoms with Crippen LogP contribution in [0.4, 0.5) is 13.2 Å². The van der Waals surface area contributed by atoms with Gasteiger partial charge < -0.3 is 4.74 Å². The van der Waals surface area contributed by atoms with E-state index in [2.05, 4.69) is 25.9 Å². The summed E-state index contributed by atoms with van der Waals surface area (Å²) in [6.07, 6.45) is 7.06. The summed E-state index contributed by atoms with van der Waals surface area (Å²) >= 11 is 17.1. The molecule has 0 amide bonds. The van der Waals surface area contributed by atoms with E-state index in [4.69, 9.17) is 27.9 Å². The van der Waals surface area contributed by atoms with Gasteiger partial charge in [-0.05, 0) is 50.8 Å². The molecule has 0 fully saturated rings. The zero-order chi connectivity index (χ0) is 32.6. The highest BCUT2D eigenvalue weighted by molar-refractivity contribution is 9.14. The molecule has 1 aromatic heterocycles. The fraction of sp³-hybridized carbons (Fsp3) is 0.667. The normalized spacial score (nSPS) is 12.3. The number of carbonyl (C=O) groups excluding carboxylic acids is 1. The van der Waals surface area contributed by atoms with Gasteiger partial charge in [0.2, 0.25) is 4.75 Å². The van der Waals surface area contributed by atoms with E-state index < -0.39 is 34.2 Å². The van der Waals surface area contributed by atoms with E-state index in [0.29, 0.717) is 4.68 Å². The smallest absolute Gasteiger partial charge is 0.355 e. The topological polar surface area (TPSA) is 83.2 Å². The molecule has 246 valence electrons. The van der Waals surface area contributed by atoms with Crippen molar-refractivity contribution in [3.63, 3.8) is 0 Å². The zero-order valence-corrected chi connectivity index (χ0v) is 30.0. The first kappa shape index (κ1) is 40.3. The molecule has 0 radical (unpaired) electrons. The molecule has 2 aromatic rings. The Hall–Kier alpha value is -0.720. The molecular weight excluding hydrogens is 685 g/mol. The average Bonchev–Trinajstić information content (AvgIpc) is 3.24. The molecule has 0 aliphatic heterocycles. The highest BCUT2D eigenvalue weighted by atomic mass is 35.5. The van der Waals surface area contributed by atoms with Gasteiger partial charge in [-0.1, -0.05) is 85.8 Å². The summed E-state index contributed by atoms with van der Waals surface area (Å²) in [5, 5.41) is 2.52. The lowest BCUT2D eigenvalue weighted by molar-refractivity contribution is -0.142. The summed E-state index contributed by atoms with van der Waals surface area (Å²) in [5.41, 5.74) is -1.37. The minimum atomic E-state index is -3.12. The van der Waals surface area contributed by atoms with E-state index in [1.807, 2.05) is 0 Å².